The zero-order valence-electron chi connectivity index (χ0n) is 10.4. The van der Waals surface area contributed by atoms with Crippen LogP contribution in [0.25, 0.3) is 10.2 Å². The van der Waals surface area contributed by atoms with Gasteiger partial charge in [0.25, 0.3) is 5.56 Å². The Bertz CT molecular complexity index is 617. The van der Waals surface area contributed by atoms with Crippen LogP contribution in [0.4, 0.5) is 0 Å². The maximum Gasteiger partial charge on any atom is 0.262 e. The molecule has 0 aliphatic carbocycles. The van der Waals surface area contributed by atoms with Gasteiger partial charge in [-0.3, -0.25) is 14.2 Å². The average Bonchev–Trinajstić information content (AvgIpc) is 2.85. The fraction of sp³-hybridized carbons (Fsp3) is 0.417. The number of carbonyl (C=O) groups excluding carboxylic acids is 1. The van der Waals surface area contributed by atoms with E-state index in [-0.39, 0.29) is 11.5 Å². The molecule has 0 saturated heterocycles. The summed E-state index contributed by atoms with van der Waals surface area (Å²) in [6.07, 6.45) is 1.84. The average molecular weight is 265 g/mol. The van der Waals surface area contributed by atoms with Crippen molar-refractivity contribution in [3.8, 4) is 0 Å². The Balaban J connectivity index is 2.15. The zero-order chi connectivity index (χ0) is 13.1. The summed E-state index contributed by atoms with van der Waals surface area (Å²) < 4.78 is 1.50. The van der Waals surface area contributed by atoms with Gasteiger partial charge in [0.15, 0.2) is 0 Å². The normalized spacial score (nSPS) is 10.8. The number of nitrogens with zero attached hydrogens (tertiary/aromatic N) is 3. The first-order chi connectivity index (χ1) is 8.63. The highest BCUT2D eigenvalue weighted by Gasteiger charge is 2.09. The first-order valence-electron chi connectivity index (χ1n) is 5.80. The van der Waals surface area contributed by atoms with E-state index in [1.807, 2.05) is 12.3 Å². The van der Waals surface area contributed by atoms with E-state index in [1.54, 1.807) is 18.0 Å². The van der Waals surface area contributed by atoms with Crippen molar-refractivity contribution in [1.29, 1.82) is 0 Å². The van der Waals surface area contributed by atoms with Gasteiger partial charge in [-0.15, -0.1) is 11.3 Å². The number of carbonyl (C=O) groups is 1. The van der Waals surface area contributed by atoms with Gasteiger partial charge < -0.3 is 4.90 Å². The van der Waals surface area contributed by atoms with Gasteiger partial charge >= 0.3 is 0 Å². The largest absolute Gasteiger partial charge is 0.346 e. The summed E-state index contributed by atoms with van der Waals surface area (Å²) in [6.45, 7) is 2.97. The van der Waals surface area contributed by atoms with Crippen molar-refractivity contribution in [3.05, 3.63) is 28.1 Å². The molecule has 0 N–H and O–H groups in total. The molecule has 0 unspecified atom stereocenters. The van der Waals surface area contributed by atoms with Crippen LogP contribution in [0.15, 0.2) is 22.6 Å². The minimum atomic E-state index is -0.0757. The van der Waals surface area contributed by atoms with Crippen LogP contribution in [0.3, 0.4) is 0 Å². The number of hydrogen-bond acceptors (Lipinski definition) is 4. The summed E-state index contributed by atoms with van der Waals surface area (Å²) in [7, 11) is 1.76. The number of amides is 1. The highest BCUT2D eigenvalue weighted by molar-refractivity contribution is 7.16. The zero-order valence-corrected chi connectivity index (χ0v) is 11.2. The van der Waals surface area contributed by atoms with Crippen LogP contribution in [0.2, 0.25) is 0 Å². The summed E-state index contributed by atoms with van der Waals surface area (Å²) in [4.78, 5) is 30.3. The molecule has 2 aromatic heterocycles. The van der Waals surface area contributed by atoms with E-state index in [2.05, 4.69) is 4.98 Å². The summed E-state index contributed by atoms with van der Waals surface area (Å²) >= 11 is 1.44. The summed E-state index contributed by atoms with van der Waals surface area (Å²) in [5.41, 5.74) is -0.0757. The Morgan fingerprint density at radius 2 is 2.33 bits per heavy atom. The Morgan fingerprint density at radius 1 is 1.56 bits per heavy atom. The smallest absolute Gasteiger partial charge is 0.262 e. The third-order valence-corrected chi connectivity index (χ3v) is 3.74. The van der Waals surface area contributed by atoms with Crippen molar-refractivity contribution in [3.63, 3.8) is 0 Å². The summed E-state index contributed by atoms with van der Waals surface area (Å²) in [6, 6.07) is 1.77. The molecule has 0 aliphatic rings. The van der Waals surface area contributed by atoms with Crippen LogP contribution in [-0.2, 0) is 11.3 Å². The lowest BCUT2D eigenvalue weighted by Crippen LogP contribution is -2.29. The van der Waals surface area contributed by atoms with Gasteiger partial charge in [0.2, 0.25) is 5.91 Å². The molecular weight excluding hydrogens is 250 g/mol. The fourth-order valence-corrected chi connectivity index (χ4v) is 2.36. The van der Waals surface area contributed by atoms with Crippen molar-refractivity contribution >= 4 is 27.5 Å². The second-order valence-electron chi connectivity index (χ2n) is 4.04. The topological polar surface area (TPSA) is 55.2 Å². The Morgan fingerprint density at radius 3 is 3.06 bits per heavy atom. The molecule has 2 aromatic rings. The number of aryl methyl sites for hydroxylation is 1. The molecule has 5 nitrogen and oxygen atoms in total. The van der Waals surface area contributed by atoms with Crippen molar-refractivity contribution < 1.29 is 4.79 Å². The third kappa shape index (κ3) is 2.43. The van der Waals surface area contributed by atoms with Gasteiger partial charge in [-0.2, -0.15) is 0 Å². The third-order valence-electron chi connectivity index (χ3n) is 2.92. The minimum absolute atomic E-state index is 0.0369. The van der Waals surface area contributed by atoms with E-state index < -0.39 is 0 Å². The lowest BCUT2D eigenvalue weighted by molar-refractivity contribution is -0.129. The molecule has 0 aromatic carbocycles. The Hall–Kier alpha value is -1.69. The second kappa shape index (κ2) is 5.30. The van der Waals surface area contributed by atoms with E-state index in [1.165, 1.54) is 22.2 Å². The van der Waals surface area contributed by atoms with Crippen LogP contribution in [0.5, 0.6) is 0 Å². The van der Waals surface area contributed by atoms with Gasteiger partial charge in [-0.1, -0.05) is 0 Å². The SMILES string of the molecule is CCN(C)C(=O)CCn1cnc2sccc2c1=O. The standard InChI is InChI=1S/C12H15N3O2S/c1-3-14(2)10(16)4-6-15-8-13-11-9(12(15)17)5-7-18-11/h5,7-8H,3-4,6H2,1-2H3. The van der Waals surface area contributed by atoms with Crippen LogP contribution < -0.4 is 5.56 Å². The highest BCUT2D eigenvalue weighted by atomic mass is 32.1. The molecule has 0 radical (unpaired) electrons. The number of aromatic nitrogens is 2. The molecule has 6 heteroatoms. The number of hydrogen-bond donors (Lipinski definition) is 0. The molecule has 0 atom stereocenters. The maximum absolute atomic E-state index is 12.0. The fourth-order valence-electron chi connectivity index (χ4n) is 1.64. The first-order valence-corrected chi connectivity index (χ1v) is 6.68. The van der Waals surface area contributed by atoms with Crippen LogP contribution >= 0.6 is 11.3 Å². The molecule has 1 amide bonds. The van der Waals surface area contributed by atoms with Crippen molar-refractivity contribution in [2.45, 2.75) is 19.9 Å². The minimum Gasteiger partial charge on any atom is -0.346 e. The Labute approximate surface area is 109 Å². The van der Waals surface area contributed by atoms with E-state index in [4.69, 9.17) is 0 Å². The molecule has 2 rings (SSSR count). The molecule has 0 bridgehead atoms. The molecule has 0 saturated carbocycles. The van der Waals surface area contributed by atoms with E-state index >= 15 is 0 Å². The molecule has 0 aliphatic heterocycles. The van der Waals surface area contributed by atoms with Crippen LogP contribution in [-0.4, -0.2) is 34.0 Å². The number of fused-ring (bicyclic) bond motifs is 1. The first kappa shape index (κ1) is 12.8. The molecule has 96 valence electrons. The van der Waals surface area contributed by atoms with Crippen molar-refractivity contribution in [2.24, 2.45) is 0 Å². The molecular formula is C12H15N3O2S. The lowest BCUT2D eigenvalue weighted by Gasteiger charge is -2.14. The highest BCUT2D eigenvalue weighted by Crippen LogP contribution is 2.13. The van der Waals surface area contributed by atoms with Gasteiger partial charge in [0.1, 0.15) is 4.83 Å². The lowest BCUT2D eigenvalue weighted by atomic mass is 10.3. The van der Waals surface area contributed by atoms with E-state index in [9.17, 15) is 9.59 Å². The van der Waals surface area contributed by atoms with Crippen LogP contribution in [0, 0.1) is 0 Å². The van der Waals surface area contributed by atoms with Gasteiger partial charge in [-0.05, 0) is 18.4 Å². The predicted octanol–water partition coefficient (Wildman–Crippen LogP) is 1.33. The maximum atomic E-state index is 12.0. The summed E-state index contributed by atoms with van der Waals surface area (Å²) in [5, 5.41) is 2.47. The van der Waals surface area contributed by atoms with Crippen molar-refractivity contribution in [2.75, 3.05) is 13.6 Å². The number of rotatable bonds is 4. The van der Waals surface area contributed by atoms with Crippen molar-refractivity contribution in [1.82, 2.24) is 14.5 Å². The predicted molar refractivity (Wildman–Crippen MR) is 71.8 cm³/mol. The number of thiophene rings is 1. The van der Waals surface area contributed by atoms with Gasteiger partial charge in [0.05, 0.1) is 11.7 Å². The second-order valence-corrected chi connectivity index (χ2v) is 4.94. The molecule has 18 heavy (non-hydrogen) atoms. The molecule has 0 fully saturated rings. The molecule has 0 spiro atoms. The van der Waals surface area contributed by atoms with E-state index in [0.717, 1.165) is 4.83 Å². The quantitative estimate of drug-likeness (QED) is 0.838. The molecule has 2 heterocycles. The van der Waals surface area contributed by atoms with Gasteiger partial charge in [0, 0.05) is 26.6 Å². The summed E-state index contributed by atoms with van der Waals surface area (Å²) in [5.74, 6) is 0.0369. The Kier molecular flexibility index (Phi) is 3.76. The van der Waals surface area contributed by atoms with Crippen LogP contribution in [0.1, 0.15) is 13.3 Å². The van der Waals surface area contributed by atoms with Gasteiger partial charge in [-0.25, -0.2) is 4.98 Å². The van der Waals surface area contributed by atoms with E-state index in [0.29, 0.717) is 24.9 Å². The monoisotopic (exact) mass is 265 g/mol.